The molecule has 0 saturated heterocycles. The van der Waals surface area contributed by atoms with Crippen molar-refractivity contribution in [2.45, 2.75) is 19.8 Å². The van der Waals surface area contributed by atoms with Gasteiger partial charge in [-0.1, -0.05) is 19.1 Å². The van der Waals surface area contributed by atoms with Crippen LogP contribution in [0, 0.1) is 17.7 Å². The molecule has 1 atom stereocenters. The second kappa shape index (κ2) is 5.02. The maximum absolute atomic E-state index is 13.1. The highest BCUT2D eigenvalue weighted by molar-refractivity contribution is 7.80. The standard InChI is InChI=1S/C13H15FN2OS/c1-7(8-2-3-8)13(17)16-11-5-4-9(14)6-10(11)12(15)18/h4-8H,2-3H2,1H3,(H2,15,18)(H,16,17). The van der Waals surface area contributed by atoms with E-state index in [9.17, 15) is 9.18 Å². The van der Waals surface area contributed by atoms with Gasteiger partial charge >= 0.3 is 0 Å². The summed E-state index contributed by atoms with van der Waals surface area (Å²) in [6.07, 6.45) is 2.19. The van der Waals surface area contributed by atoms with Gasteiger partial charge in [0.15, 0.2) is 0 Å². The van der Waals surface area contributed by atoms with Gasteiger partial charge in [-0.25, -0.2) is 4.39 Å². The lowest BCUT2D eigenvalue weighted by atomic mass is 10.1. The Balaban J connectivity index is 2.17. The van der Waals surface area contributed by atoms with Crippen LogP contribution in [0.4, 0.5) is 10.1 Å². The van der Waals surface area contributed by atoms with Crippen molar-refractivity contribution in [1.82, 2.24) is 0 Å². The first-order valence-electron chi connectivity index (χ1n) is 5.89. The lowest BCUT2D eigenvalue weighted by molar-refractivity contribution is -0.119. The minimum Gasteiger partial charge on any atom is -0.389 e. The van der Waals surface area contributed by atoms with Crippen LogP contribution in [-0.2, 0) is 4.79 Å². The predicted molar refractivity (Wildman–Crippen MR) is 72.8 cm³/mol. The van der Waals surface area contributed by atoms with Gasteiger partial charge in [-0.15, -0.1) is 0 Å². The highest BCUT2D eigenvalue weighted by atomic mass is 32.1. The maximum Gasteiger partial charge on any atom is 0.227 e. The van der Waals surface area contributed by atoms with Crippen LogP contribution in [-0.4, -0.2) is 10.9 Å². The van der Waals surface area contributed by atoms with Gasteiger partial charge in [-0.2, -0.15) is 0 Å². The Hall–Kier alpha value is -1.49. The van der Waals surface area contributed by atoms with Gasteiger partial charge in [-0.05, 0) is 37.0 Å². The molecule has 3 nitrogen and oxygen atoms in total. The van der Waals surface area contributed by atoms with Crippen LogP contribution in [0.1, 0.15) is 25.3 Å². The van der Waals surface area contributed by atoms with E-state index in [-0.39, 0.29) is 16.8 Å². The summed E-state index contributed by atoms with van der Waals surface area (Å²) in [6, 6.07) is 4.00. The summed E-state index contributed by atoms with van der Waals surface area (Å²) in [6.45, 7) is 1.90. The molecule has 1 amide bonds. The predicted octanol–water partition coefficient (Wildman–Crippen LogP) is 2.44. The minimum atomic E-state index is -0.425. The van der Waals surface area contributed by atoms with E-state index >= 15 is 0 Å². The molecule has 0 aliphatic heterocycles. The smallest absolute Gasteiger partial charge is 0.227 e. The Bertz CT molecular complexity index is 500. The molecule has 18 heavy (non-hydrogen) atoms. The number of amides is 1. The van der Waals surface area contributed by atoms with Gasteiger partial charge in [-0.3, -0.25) is 4.79 Å². The first-order chi connectivity index (χ1) is 8.49. The largest absolute Gasteiger partial charge is 0.389 e. The average molecular weight is 266 g/mol. The van der Waals surface area contributed by atoms with Crippen LogP contribution in [0.5, 0.6) is 0 Å². The molecular weight excluding hydrogens is 251 g/mol. The fourth-order valence-corrected chi connectivity index (χ4v) is 2.06. The Morgan fingerprint density at radius 2 is 2.22 bits per heavy atom. The number of anilines is 1. The average Bonchev–Trinajstić information content (AvgIpc) is 3.14. The number of nitrogens with two attached hydrogens (primary N) is 1. The molecule has 2 rings (SSSR count). The van der Waals surface area contributed by atoms with Gasteiger partial charge in [0, 0.05) is 11.5 Å². The number of carbonyl (C=O) groups excluding carboxylic acids is 1. The summed E-state index contributed by atoms with van der Waals surface area (Å²) in [4.78, 5) is 12.0. The van der Waals surface area contributed by atoms with Crippen LogP contribution in [0.3, 0.4) is 0 Å². The molecule has 1 saturated carbocycles. The van der Waals surface area contributed by atoms with Crippen LogP contribution in [0.2, 0.25) is 0 Å². The highest BCUT2D eigenvalue weighted by Gasteiger charge is 2.32. The molecule has 0 radical (unpaired) electrons. The van der Waals surface area contributed by atoms with E-state index in [0.29, 0.717) is 17.2 Å². The molecule has 0 heterocycles. The van der Waals surface area contributed by atoms with Crippen molar-refractivity contribution in [3.05, 3.63) is 29.6 Å². The topological polar surface area (TPSA) is 55.1 Å². The van der Waals surface area contributed by atoms with Crippen molar-refractivity contribution in [2.75, 3.05) is 5.32 Å². The molecule has 5 heteroatoms. The fraction of sp³-hybridized carbons (Fsp3) is 0.385. The molecule has 3 N–H and O–H groups in total. The lowest BCUT2D eigenvalue weighted by Crippen LogP contribution is -2.24. The molecule has 0 spiro atoms. The van der Waals surface area contributed by atoms with Gasteiger partial charge in [0.2, 0.25) is 5.91 Å². The minimum absolute atomic E-state index is 0.0331. The number of hydrogen-bond acceptors (Lipinski definition) is 2. The third-order valence-electron chi connectivity index (χ3n) is 3.25. The van der Waals surface area contributed by atoms with E-state index in [0.717, 1.165) is 12.8 Å². The van der Waals surface area contributed by atoms with Gasteiger partial charge in [0.25, 0.3) is 0 Å². The molecule has 0 aromatic heterocycles. The zero-order valence-corrected chi connectivity index (χ0v) is 10.9. The summed E-state index contributed by atoms with van der Waals surface area (Å²) in [5.41, 5.74) is 6.36. The summed E-state index contributed by atoms with van der Waals surface area (Å²) >= 11 is 4.85. The fourth-order valence-electron chi connectivity index (χ4n) is 1.89. The van der Waals surface area contributed by atoms with Crippen molar-refractivity contribution < 1.29 is 9.18 Å². The number of nitrogens with one attached hydrogen (secondary N) is 1. The van der Waals surface area contributed by atoms with E-state index < -0.39 is 5.82 Å². The van der Waals surface area contributed by atoms with E-state index in [1.807, 2.05) is 6.92 Å². The second-order valence-corrected chi connectivity index (χ2v) is 5.11. The first-order valence-corrected chi connectivity index (χ1v) is 6.30. The van der Waals surface area contributed by atoms with Crippen LogP contribution in [0.25, 0.3) is 0 Å². The SMILES string of the molecule is CC(C(=O)Nc1ccc(F)cc1C(N)=S)C1CC1. The quantitative estimate of drug-likeness (QED) is 0.823. The summed E-state index contributed by atoms with van der Waals surface area (Å²) < 4.78 is 13.1. The molecule has 0 bridgehead atoms. The third-order valence-corrected chi connectivity index (χ3v) is 3.47. The number of carbonyl (C=O) groups is 1. The summed E-state index contributed by atoms with van der Waals surface area (Å²) in [5, 5.41) is 2.77. The van der Waals surface area contributed by atoms with Crippen molar-refractivity contribution >= 4 is 28.8 Å². The van der Waals surface area contributed by atoms with E-state index in [1.165, 1.54) is 18.2 Å². The highest BCUT2D eigenvalue weighted by Crippen LogP contribution is 2.37. The monoisotopic (exact) mass is 266 g/mol. The van der Waals surface area contributed by atoms with E-state index in [2.05, 4.69) is 5.32 Å². The van der Waals surface area contributed by atoms with Gasteiger partial charge < -0.3 is 11.1 Å². The van der Waals surface area contributed by atoms with Gasteiger partial charge in [0.05, 0.1) is 5.69 Å². The number of halogens is 1. The Labute approximate surface area is 111 Å². The maximum atomic E-state index is 13.1. The lowest BCUT2D eigenvalue weighted by Gasteiger charge is -2.14. The van der Waals surface area contributed by atoms with Crippen molar-refractivity contribution in [3.8, 4) is 0 Å². The molecule has 1 aromatic carbocycles. The molecule has 1 aromatic rings. The Morgan fingerprint density at radius 3 is 2.78 bits per heavy atom. The zero-order valence-electron chi connectivity index (χ0n) is 10.1. The number of hydrogen-bond donors (Lipinski definition) is 2. The molecule has 1 aliphatic rings. The summed E-state index contributed by atoms with van der Waals surface area (Å²) in [7, 11) is 0. The van der Waals surface area contributed by atoms with Crippen molar-refractivity contribution in [1.29, 1.82) is 0 Å². The number of thiocarbonyl (C=S) groups is 1. The van der Waals surface area contributed by atoms with Crippen LogP contribution in [0.15, 0.2) is 18.2 Å². The van der Waals surface area contributed by atoms with Crippen LogP contribution < -0.4 is 11.1 Å². The van der Waals surface area contributed by atoms with Gasteiger partial charge in [0.1, 0.15) is 10.8 Å². The molecule has 1 aliphatic carbocycles. The van der Waals surface area contributed by atoms with E-state index in [1.54, 1.807) is 0 Å². The Kier molecular flexibility index (Phi) is 3.61. The second-order valence-electron chi connectivity index (χ2n) is 4.67. The third kappa shape index (κ3) is 2.85. The van der Waals surface area contributed by atoms with Crippen molar-refractivity contribution in [3.63, 3.8) is 0 Å². The normalized spacial score (nSPS) is 16.1. The number of rotatable bonds is 4. The molecule has 96 valence electrons. The van der Waals surface area contributed by atoms with E-state index in [4.69, 9.17) is 18.0 Å². The molecular formula is C13H15FN2OS. The summed E-state index contributed by atoms with van der Waals surface area (Å²) in [5.74, 6) is -0.0550. The zero-order chi connectivity index (χ0) is 13.3. The number of benzene rings is 1. The van der Waals surface area contributed by atoms with Crippen LogP contribution >= 0.6 is 12.2 Å². The van der Waals surface area contributed by atoms with Crippen molar-refractivity contribution in [2.24, 2.45) is 17.6 Å². The Morgan fingerprint density at radius 1 is 1.56 bits per heavy atom. The molecule has 1 fully saturated rings. The molecule has 1 unspecified atom stereocenters. The first kappa shape index (κ1) is 13.0.